The quantitative estimate of drug-likeness (QED) is 0.759. The number of aliphatic hydroxyl groups is 1. The van der Waals surface area contributed by atoms with Crippen molar-refractivity contribution in [2.24, 2.45) is 0 Å². The van der Waals surface area contributed by atoms with Gasteiger partial charge in [0.05, 0.1) is 0 Å². The third kappa shape index (κ3) is 3.32. The van der Waals surface area contributed by atoms with E-state index in [1.165, 1.54) is 7.76 Å². The van der Waals surface area contributed by atoms with Crippen LogP contribution >= 0.6 is 24.8 Å². The van der Waals surface area contributed by atoms with Crippen molar-refractivity contribution in [3.63, 3.8) is 0 Å². The average molecular weight is 267 g/mol. The first-order valence-corrected chi connectivity index (χ1v) is 5.64. The molecule has 0 saturated heterocycles. The number of aliphatic hydroxyl groups excluding tert-OH is 1. The maximum absolute atomic E-state index is 9.43. The second-order valence-electron chi connectivity index (χ2n) is 2.92. The van der Waals surface area contributed by atoms with Crippen molar-refractivity contribution in [1.82, 2.24) is 0 Å². The normalized spacial score (nSPS) is 17.6. The molecule has 0 atom stereocenters. The predicted octanol–water partition coefficient (Wildman–Crippen LogP) is 3.49. The number of hydrogen-bond donors (Lipinski definition) is 1. The molecule has 0 bridgehead atoms. The molecular weight excluding hydrogens is 255 g/mol. The summed E-state index contributed by atoms with van der Waals surface area (Å²) >= 11 is -0.192. The monoisotopic (exact) mass is 266 g/mol. The molecule has 0 unspecified atom stereocenters. The molecule has 0 fully saturated rings. The zero-order chi connectivity index (χ0) is 8.39. The Morgan fingerprint density at radius 3 is 2.43 bits per heavy atom. The molecule has 0 radical (unpaired) electrons. The molecule has 1 N–H and O–H groups in total. The van der Waals surface area contributed by atoms with Crippen LogP contribution in [-0.2, 0) is 19.2 Å². The number of hydrogen-bond acceptors (Lipinski definition) is 1. The summed E-state index contributed by atoms with van der Waals surface area (Å²) in [5.74, 6) is 0.530. The molecule has 0 aromatic rings. The van der Waals surface area contributed by atoms with Gasteiger partial charge < -0.3 is 0 Å². The van der Waals surface area contributed by atoms with E-state index in [-0.39, 0.29) is 44.0 Å². The van der Waals surface area contributed by atoms with Crippen LogP contribution in [0.3, 0.4) is 0 Å². The van der Waals surface area contributed by atoms with E-state index in [0.717, 1.165) is 12.8 Å². The van der Waals surface area contributed by atoms with Crippen LogP contribution < -0.4 is 0 Å². The van der Waals surface area contributed by atoms with Crippen molar-refractivity contribution >= 4 is 24.8 Å². The fraction of sp³-hybridized carbons (Fsp3) is 0.200. The summed E-state index contributed by atoms with van der Waals surface area (Å²) in [5, 5.41) is 9.43. The van der Waals surface area contributed by atoms with Crippen molar-refractivity contribution in [3.8, 4) is 0 Å². The third-order valence-electron chi connectivity index (χ3n) is 1.99. The van der Waals surface area contributed by atoms with Gasteiger partial charge in [-0.05, 0) is 0 Å². The summed E-state index contributed by atoms with van der Waals surface area (Å²) in [7, 11) is 0. The summed E-state index contributed by atoms with van der Waals surface area (Å²) < 4.78 is 2.81. The van der Waals surface area contributed by atoms with Crippen LogP contribution in [0, 0.1) is 0 Å². The third-order valence-corrected chi connectivity index (χ3v) is 4.26. The van der Waals surface area contributed by atoms with Gasteiger partial charge in [0.1, 0.15) is 0 Å². The molecule has 0 aromatic heterocycles. The molecule has 0 heterocycles. The summed E-state index contributed by atoms with van der Waals surface area (Å²) in [4.78, 5) is 0. The molecular formula is C10H12Cl2OTi. The van der Waals surface area contributed by atoms with Crippen LogP contribution in [0.5, 0.6) is 0 Å². The van der Waals surface area contributed by atoms with Crippen LogP contribution in [0.2, 0.25) is 0 Å². The zero-order valence-corrected chi connectivity index (χ0v) is 10.8. The van der Waals surface area contributed by atoms with Gasteiger partial charge in [-0.25, -0.2) is 0 Å². The molecule has 14 heavy (non-hydrogen) atoms. The van der Waals surface area contributed by atoms with E-state index in [2.05, 4.69) is 18.2 Å². The van der Waals surface area contributed by atoms with E-state index in [1.54, 1.807) is 0 Å². The van der Waals surface area contributed by atoms with Gasteiger partial charge in [0.2, 0.25) is 0 Å². The number of halogens is 2. The van der Waals surface area contributed by atoms with Crippen LogP contribution in [0.15, 0.2) is 43.9 Å². The Morgan fingerprint density at radius 1 is 1.14 bits per heavy atom. The SMILES string of the molecule is Cl.Cl.OC1=[C]([Ti][C]2=CC=CC2)CC=C1. The van der Waals surface area contributed by atoms with Crippen molar-refractivity contribution < 1.29 is 24.3 Å². The van der Waals surface area contributed by atoms with Crippen LogP contribution in [0.1, 0.15) is 12.8 Å². The van der Waals surface area contributed by atoms with Crippen molar-refractivity contribution in [3.05, 3.63) is 43.9 Å². The standard InChI is InChI=1S/C5H5O.C5H5.2ClH.Ti/c6-5-3-1-2-4-5;1-2-4-5-3-1;;;/h1,3,6H,2H2;1-3H,4H2;2*1H;. The maximum atomic E-state index is 9.43. The Hall–Kier alpha value is 0.0543. The van der Waals surface area contributed by atoms with Gasteiger partial charge in [0, 0.05) is 0 Å². The van der Waals surface area contributed by atoms with Crippen LogP contribution in [-0.4, -0.2) is 5.11 Å². The number of rotatable bonds is 2. The van der Waals surface area contributed by atoms with Gasteiger partial charge in [0.15, 0.2) is 0 Å². The minimum absolute atomic E-state index is 0. The average Bonchev–Trinajstić information content (AvgIpc) is 2.65. The summed E-state index contributed by atoms with van der Waals surface area (Å²) in [6.45, 7) is 0. The fourth-order valence-electron chi connectivity index (χ4n) is 1.34. The molecule has 0 aromatic carbocycles. The van der Waals surface area contributed by atoms with Gasteiger partial charge in [0.25, 0.3) is 0 Å². The molecule has 4 heteroatoms. The summed E-state index contributed by atoms with van der Waals surface area (Å²) in [6, 6.07) is 0. The van der Waals surface area contributed by atoms with Gasteiger partial charge in [-0.2, -0.15) is 0 Å². The first-order chi connectivity index (χ1) is 5.86. The fourth-order valence-corrected chi connectivity index (χ4v) is 3.24. The van der Waals surface area contributed by atoms with Crippen molar-refractivity contribution in [2.45, 2.75) is 12.8 Å². The molecule has 1 nitrogen and oxygen atoms in total. The van der Waals surface area contributed by atoms with E-state index in [4.69, 9.17) is 0 Å². The Bertz CT molecular complexity index is 316. The topological polar surface area (TPSA) is 20.2 Å². The molecule has 2 aliphatic rings. The molecule has 2 rings (SSSR count). The van der Waals surface area contributed by atoms with E-state index < -0.39 is 0 Å². The second kappa shape index (κ2) is 6.52. The molecule has 76 valence electrons. The second-order valence-corrected chi connectivity index (χ2v) is 5.26. The van der Waals surface area contributed by atoms with Gasteiger partial charge in [-0.15, -0.1) is 24.8 Å². The molecule has 0 spiro atoms. The van der Waals surface area contributed by atoms with Crippen molar-refractivity contribution in [1.29, 1.82) is 0 Å². The molecule has 0 saturated carbocycles. The van der Waals surface area contributed by atoms with Crippen LogP contribution in [0.25, 0.3) is 0 Å². The minimum atomic E-state index is -0.192. The van der Waals surface area contributed by atoms with E-state index >= 15 is 0 Å². The van der Waals surface area contributed by atoms with Crippen molar-refractivity contribution in [2.75, 3.05) is 0 Å². The Balaban J connectivity index is 0.000000845. The van der Waals surface area contributed by atoms with E-state index in [0.29, 0.717) is 5.76 Å². The zero-order valence-electron chi connectivity index (χ0n) is 7.56. The Labute approximate surface area is 105 Å². The summed E-state index contributed by atoms with van der Waals surface area (Å²) in [5.41, 5.74) is 0. The number of allylic oxidation sites excluding steroid dienone is 7. The Morgan fingerprint density at radius 2 is 1.93 bits per heavy atom. The molecule has 0 amide bonds. The molecule has 2 aliphatic carbocycles. The van der Waals surface area contributed by atoms with Crippen LogP contribution in [0.4, 0.5) is 0 Å². The van der Waals surface area contributed by atoms with Gasteiger partial charge >= 0.3 is 81.0 Å². The first-order valence-electron chi connectivity index (χ1n) is 4.07. The summed E-state index contributed by atoms with van der Waals surface area (Å²) in [6.07, 6.45) is 12.4. The van der Waals surface area contributed by atoms with E-state index in [9.17, 15) is 5.11 Å². The van der Waals surface area contributed by atoms with Gasteiger partial charge in [-0.3, -0.25) is 0 Å². The predicted molar refractivity (Wildman–Crippen MR) is 59.7 cm³/mol. The van der Waals surface area contributed by atoms with Gasteiger partial charge in [-0.1, -0.05) is 0 Å². The Kier molecular flexibility index (Phi) is 6.55. The van der Waals surface area contributed by atoms with E-state index in [1.807, 2.05) is 12.2 Å². The molecule has 0 aliphatic heterocycles. The first kappa shape index (κ1) is 14.1.